The molecule has 0 unspecified atom stereocenters. The molecule has 1 aliphatic heterocycles. The van der Waals surface area contributed by atoms with Gasteiger partial charge in [0.25, 0.3) is 5.91 Å². The maximum Gasteiger partial charge on any atom is 0.275 e. The number of aliphatic imine (C=N–C) groups is 1. The summed E-state index contributed by atoms with van der Waals surface area (Å²) < 4.78 is 10.4. The van der Waals surface area contributed by atoms with Crippen LogP contribution in [-0.2, 0) is 9.59 Å². The molecule has 7 nitrogen and oxygen atoms in total. The normalized spacial score (nSPS) is 17.3. The zero-order chi connectivity index (χ0) is 22.7. The van der Waals surface area contributed by atoms with Crippen molar-refractivity contribution < 1.29 is 19.1 Å². The maximum absolute atomic E-state index is 13.4. The zero-order valence-electron chi connectivity index (χ0n) is 18.2. The average Bonchev–Trinajstić information content (AvgIpc) is 3.05. The lowest BCUT2D eigenvalue weighted by atomic mass is 9.88. The minimum atomic E-state index is -0.667. The van der Waals surface area contributed by atoms with E-state index < -0.39 is 5.66 Å². The Morgan fingerprint density at radius 3 is 2.44 bits per heavy atom. The predicted octanol–water partition coefficient (Wildman–Crippen LogP) is 4.29. The Morgan fingerprint density at radius 2 is 1.81 bits per heavy atom. The molecule has 0 bridgehead atoms. The molecule has 1 saturated carbocycles. The van der Waals surface area contributed by atoms with Crippen molar-refractivity contribution in [1.29, 1.82) is 0 Å². The van der Waals surface area contributed by atoms with E-state index in [0.717, 1.165) is 37.7 Å². The molecule has 0 radical (unpaired) electrons. The maximum atomic E-state index is 13.4. The quantitative estimate of drug-likeness (QED) is 0.704. The topological polar surface area (TPSA) is 80.2 Å². The van der Waals surface area contributed by atoms with Crippen molar-refractivity contribution in [3.8, 4) is 11.5 Å². The number of anilines is 1. The fraction of sp³-hybridized carbons (Fsp3) is 0.375. The molecule has 2 aliphatic rings. The van der Waals surface area contributed by atoms with E-state index in [9.17, 15) is 9.59 Å². The molecule has 8 heteroatoms. The molecule has 1 aliphatic carbocycles. The number of nitrogens with zero attached hydrogens (tertiary/aromatic N) is 2. The number of ether oxygens (including phenoxy) is 2. The van der Waals surface area contributed by atoms with Crippen LogP contribution in [0.4, 0.5) is 5.69 Å². The lowest BCUT2D eigenvalue weighted by Gasteiger charge is -2.38. The highest BCUT2D eigenvalue weighted by molar-refractivity contribution is 6.47. The van der Waals surface area contributed by atoms with E-state index in [0.29, 0.717) is 27.9 Å². The summed E-state index contributed by atoms with van der Waals surface area (Å²) in [6.45, 7) is -0.0777. The van der Waals surface area contributed by atoms with Gasteiger partial charge in [0.2, 0.25) is 5.91 Å². The minimum absolute atomic E-state index is 0.0777. The van der Waals surface area contributed by atoms with E-state index in [4.69, 9.17) is 26.1 Å². The fourth-order valence-corrected chi connectivity index (χ4v) is 4.63. The van der Waals surface area contributed by atoms with Gasteiger partial charge in [-0.1, -0.05) is 18.0 Å². The van der Waals surface area contributed by atoms with Crippen molar-refractivity contribution in [2.45, 2.75) is 37.8 Å². The molecule has 32 heavy (non-hydrogen) atoms. The molecular formula is C24H26ClN3O4. The Balaban J connectivity index is 1.55. The molecule has 0 saturated heterocycles. The van der Waals surface area contributed by atoms with Gasteiger partial charge in [-0.15, -0.1) is 0 Å². The summed E-state index contributed by atoms with van der Waals surface area (Å²) in [7, 11) is 3.13. The van der Waals surface area contributed by atoms with Crippen LogP contribution in [0.2, 0.25) is 5.02 Å². The van der Waals surface area contributed by atoms with Gasteiger partial charge in [0.1, 0.15) is 29.4 Å². The number of hydrogen-bond acceptors (Lipinski definition) is 5. The second kappa shape index (κ2) is 9.20. The first-order valence-electron chi connectivity index (χ1n) is 10.7. The van der Waals surface area contributed by atoms with Crippen LogP contribution < -0.4 is 14.8 Å². The number of amides is 2. The SMILES string of the molecule is COc1ccc(C2=NC3(CCCCC3)N(CC(=O)Nc3ccc(OC)c(Cl)c3)C2=O)cc1. The third kappa shape index (κ3) is 4.30. The van der Waals surface area contributed by atoms with E-state index in [1.54, 1.807) is 30.2 Å². The number of benzene rings is 2. The molecule has 0 aromatic heterocycles. The van der Waals surface area contributed by atoms with Crippen LogP contribution in [-0.4, -0.2) is 48.9 Å². The molecular weight excluding hydrogens is 430 g/mol. The van der Waals surface area contributed by atoms with Gasteiger partial charge in [-0.3, -0.25) is 14.6 Å². The first kappa shape index (κ1) is 22.1. The summed E-state index contributed by atoms with van der Waals surface area (Å²) in [6, 6.07) is 12.3. The number of hydrogen-bond donors (Lipinski definition) is 1. The fourth-order valence-electron chi connectivity index (χ4n) is 4.38. The molecule has 2 aromatic carbocycles. The summed E-state index contributed by atoms with van der Waals surface area (Å²) in [4.78, 5) is 32.8. The van der Waals surface area contributed by atoms with Crippen molar-refractivity contribution in [1.82, 2.24) is 4.90 Å². The van der Waals surface area contributed by atoms with Gasteiger partial charge >= 0.3 is 0 Å². The third-order valence-corrected chi connectivity index (χ3v) is 6.32. The highest BCUT2D eigenvalue weighted by Crippen LogP contribution is 2.39. The van der Waals surface area contributed by atoms with Crippen molar-refractivity contribution in [3.63, 3.8) is 0 Å². The van der Waals surface area contributed by atoms with Gasteiger partial charge in [0, 0.05) is 11.3 Å². The second-order valence-electron chi connectivity index (χ2n) is 8.02. The van der Waals surface area contributed by atoms with E-state index in [1.807, 2.05) is 24.3 Å². The number of rotatable bonds is 6. The van der Waals surface area contributed by atoms with Crippen molar-refractivity contribution >= 4 is 34.8 Å². The minimum Gasteiger partial charge on any atom is -0.497 e. The molecule has 4 rings (SSSR count). The van der Waals surface area contributed by atoms with Gasteiger partial charge < -0.3 is 19.7 Å². The Kier molecular flexibility index (Phi) is 6.37. The number of halogens is 1. The Bertz CT molecular complexity index is 1050. The van der Waals surface area contributed by atoms with Crippen LogP contribution >= 0.6 is 11.6 Å². The molecule has 1 N–H and O–H groups in total. The number of carbonyl (C=O) groups excluding carboxylic acids is 2. The van der Waals surface area contributed by atoms with Gasteiger partial charge in [-0.25, -0.2) is 0 Å². The summed E-state index contributed by atoms with van der Waals surface area (Å²) in [5.41, 5.74) is 1.00. The Morgan fingerprint density at radius 1 is 1.09 bits per heavy atom. The van der Waals surface area contributed by atoms with Crippen molar-refractivity contribution in [2.75, 3.05) is 26.1 Å². The third-order valence-electron chi connectivity index (χ3n) is 6.03. The Labute approximate surface area is 192 Å². The first-order chi connectivity index (χ1) is 15.5. The van der Waals surface area contributed by atoms with E-state index in [1.165, 1.54) is 7.11 Å². The number of nitrogens with one attached hydrogen (secondary N) is 1. The standard InChI is InChI=1S/C24H26ClN3O4/c1-31-18-9-6-16(7-10-18)22-23(30)28(24(27-22)12-4-3-5-13-24)15-21(29)26-17-8-11-20(32-2)19(25)14-17/h6-11,14H,3-5,12-13,15H2,1-2H3,(H,26,29). The van der Waals surface area contributed by atoms with Gasteiger partial charge in [-0.05, 0) is 68.1 Å². The number of methoxy groups -OCH3 is 2. The van der Waals surface area contributed by atoms with E-state index >= 15 is 0 Å². The predicted molar refractivity (Wildman–Crippen MR) is 124 cm³/mol. The van der Waals surface area contributed by atoms with Crippen LogP contribution in [0.1, 0.15) is 37.7 Å². The van der Waals surface area contributed by atoms with Crippen LogP contribution in [0.25, 0.3) is 0 Å². The summed E-state index contributed by atoms with van der Waals surface area (Å²) in [5.74, 6) is 0.718. The molecule has 2 amide bonds. The summed E-state index contributed by atoms with van der Waals surface area (Å²) in [6.07, 6.45) is 4.55. The van der Waals surface area contributed by atoms with Gasteiger partial charge in [0.05, 0.1) is 19.2 Å². The molecule has 2 aromatic rings. The van der Waals surface area contributed by atoms with Crippen LogP contribution in [0.5, 0.6) is 11.5 Å². The van der Waals surface area contributed by atoms with Crippen LogP contribution in [0.3, 0.4) is 0 Å². The molecule has 1 spiro atoms. The zero-order valence-corrected chi connectivity index (χ0v) is 18.9. The first-order valence-corrected chi connectivity index (χ1v) is 11.0. The van der Waals surface area contributed by atoms with Gasteiger partial charge in [-0.2, -0.15) is 0 Å². The van der Waals surface area contributed by atoms with Crippen molar-refractivity contribution in [2.24, 2.45) is 4.99 Å². The summed E-state index contributed by atoms with van der Waals surface area (Å²) in [5, 5.41) is 3.23. The Hall–Kier alpha value is -3.06. The monoisotopic (exact) mass is 455 g/mol. The number of carbonyl (C=O) groups is 2. The lowest BCUT2D eigenvalue weighted by Crippen LogP contribution is -2.51. The second-order valence-corrected chi connectivity index (χ2v) is 8.43. The molecule has 1 fully saturated rings. The van der Waals surface area contributed by atoms with Crippen LogP contribution in [0, 0.1) is 0 Å². The van der Waals surface area contributed by atoms with E-state index in [2.05, 4.69) is 5.32 Å². The molecule has 1 heterocycles. The smallest absolute Gasteiger partial charge is 0.275 e. The molecule has 168 valence electrons. The van der Waals surface area contributed by atoms with E-state index in [-0.39, 0.29) is 18.4 Å². The highest BCUT2D eigenvalue weighted by atomic mass is 35.5. The highest BCUT2D eigenvalue weighted by Gasteiger charge is 2.48. The summed E-state index contributed by atoms with van der Waals surface area (Å²) >= 11 is 6.16. The molecule has 0 atom stereocenters. The average molecular weight is 456 g/mol. The largest absolute Gasteiger partial charge is 0.497 e. The van der Waals surface area contributed by atoms with Crippen molar-refractivity contribution in [3.05, 3.63) is 53.1 Å². The van der Waals surface area contributed by atoms with Crippen LogP contribution in [0.15, 0.2) is 47.5 Å². The lowest BCUT2D eigenvalue weighted by molar-refractivity contribution is -0.134. The van der Waals surface area contributed by atoms with Gasteiger partial charge in [0.15, 0.2) is 0 Å².